The van der Waals surface area contributed by atoms with E-state index in [1.54, 1.807) is 0 Å². The number of aliphatic hydroxyl groups excluding tert-OH is 1. The van der Waals surface area contributed by atoms with Gasteiger partial charge in [-0.3, -0.25) is 0 Å². The fourth-order valence-corrected chi connectivity index (χ4v) is 2.40. The van der Waals surface area contributed by atoms with Crippen LogP contribution in [0.4, 0.5) is 0 Å². The Bertz CT molecular complexity index is 292. The highest BCUT2D eigenvalue weighted by atomic mass is 79.9. The van der Waals surface area contributed by atoms with E-state index in [1.165, 1.54) is 57.8 Å². The minimum absolute atomic E-state index is 0. The SMILES string of the molecule is OCCCCCCCCCCCC[n+]1ccccc1.[Br-]. The first-order chi connectivity index (χ1) is 9.43. The van der Waals surface area contributed by atoms with Gasteiger partial charge < -0.3 is 22.1 Å². The number of pyridine rings is 1. The van der Waals surface area contributed by atoms with E-state index in [9.17, 15) is 0 Å². The van der Waals surface area contributed by atoms with Gasteiger partial charge in [-0.15, -0.1) is 0 Å². The van der Waals surface area contributed by atoms with Gasteiger partial charge in [-0.25, -0.2) is 4.57 Å². The van der Waals surface area contributed by atoms with E-state index in [1.807, 2.05) is 0 Å². The second kappa shape index (κ2) is 15.0. The second-order valence-electron chi connectivity index (χ2n) is 5.37. The third kappa shape index (κ3) is 11.4. The number of aliphatic hydroxyl groups is 1. The van der Waals surface area contributed by atoms with Crippen molar-refractivity contribution < 1.29 is 26.7 Å². The molecule has 0 aliphatic rings. The molecule has 2 nitrogen and oxygen atoms in total. The quantitative estimate of drug-likeness (QED) is 0.442. The summed E-state index contributed by atoms with van der Waals surface area (Å²) in [7, 11) is 0. The van der Waals surface area contributed by atoms with E-state index in [2.05, 4.69) is 35.2 Å². The molecule has 0 radical (unpaired) electrons. The molecule has 1 N–H and O–H groups in total. The number of nitrogens with zero attached hydrogens (tertiary/aromatic N) is 1. The summed E-state index contributed by atoms with van der Waals surface area (Å²) < 4.78 is 2.27. The molecule has 0 saturated heterocycles. The monoisotopic (exact) mass is 343 g/mol. The molecule has 0 saturated carbocycles. The van der Waals surface area contributed by atoms with Crippen molar-refractivity contribution in [2.75, 3.05) is 6.61 Å². The third-order valence-corrected chi connectivity index (χ3v) is 3.60. The van der Waals surface area contributed by atoms with Gasteiger partial charge in [0.05, 0.1) is 0 Å². The topological polar surface area (TPSA) is 24.1 Å². The molecular formula is C17H30BrNO. The fourth-order valence-electron chi connectivity index (χ4n) is 2.40. The lowest BCUT2D eigenvalue weighted by atomic mass is 10.1. The first-order valence-corrected chi connectivity index (χ1v) is 7.98. The molecule has 0 unspecified atom stereocenters. The lowest BCUT2D eigenvalue weighted by Crippen LogP contribution is -3.00. The van der Waals surface area contributed by atoms with E-state index < -0.39 is 0 Å². The molecule has 0 fully saturated rings. The Morgan fingerprint density at radius 1 is 0.600 bits per heavy atom. The molecule has 0 amide bonds. The maximum absolute atomic E-state index is 8.67. The molecule has 0 aliphatic heterocycles. The number of aromatic nitrogens is 1. The molecule has 0 aliphatic carbocycles. The molecule has 116 valence electrons. The highest BCUT2D eigenvalue weighted by molar-refractivity contribution is 4.83. The Kier molecular flexibility index (Phi) is 14.7. The molecular weight excluding hydrogens is 314 g/mol. The highest BCUT2D eigenvalue weighted by Gasteiger charge is 1.97. The van der Waals surface area contributed by atoms with Crippen molar-refractivity contribution in [1.82, 2.24) is 0 Å². The van der Waals surface area contributed by atoms with E-state index in [0.717, 1.165) is 13.0 Å². The number of hydrogen-bond acceptors (Lipinski definition) is 1. The van der Waals surface area contributed by atoms with Gasteiger partial charge in [0.15, 0.2) is 12.4 Å². The fraction of sp³-hybridized carbons (Fsp3) is 0.706. The minimum atomic E-state index is 0. The average molecular weight is 344 g/mol. The molecule has 0 spiro atoms. The number of hydrogen-bond donors (Lipinski definition) is 1. The van der Waals surface area contributed by atoms with Gasteiger partial charge in [0.25, 0.3) is 0 Å². The van der Waals surface area contributed by atoms with Crippen molar-refractivity contribution in [3.63, 3.8) is 0 Å². The van der Waals surface area contributed by atoms with Gasteiger partial charge in [0.1, 0.15) is 6.54 Å². The largest absolute Gasteiger partial charge is 1.00 e. The van der Waals surface area contributed by atoms with Crippen molar-refractivity contribution >= 4 is 0 Å². The minimum Gasteiger partial charge on any atom is -1.00 e. The first-order valence-electron chi connectivity index (χ1n) is 7.98. The second-order valence-corrected chi connectivity index (χ2v) is 5.37. The molecule has 1 aromatic rings. The lowest BCUT2D eigenvalue weighted by molar-refractivity contribution is -0.697. The Hall–Kier alpha value is -0.410. The predicted octanol–water partition coefficient (Wildman–Crippen LogP) is 0.871. The zero-order chi connectivity index (χ0) is 13.6. The molecule has 0 bridgehead atoms. The Morgan fingerprint density at radius 3 is 1.55 bits per heavy atom. The van der Waals surface area contributed by atoms with Gasteiger partial charge in [-0.2, -0.15) is 0 Å². The van der Waals surface area contributed by atoms with Crippen molar-refractivity contribution in [1.29, 1.82) is 0 Å². The van der Waals surface area contributed by atoms with Crippen LogP contribution in [0, 0.1) is 0 Å². The zero-order valence-electron chi connectivity index (χ0n) is 12.6. The predicted molar refractivity (Wildman–Crippen MR) is 79.9 cm³/mol. The maximum atomic E-state index is 8.67. The zero-order valence-corrected chi connectivity index (χ0v) is 14.2. The Morgan fingerprint density at radius 2 is 1.05 bits per heavy atom. The lowest BCUT2D eigenvalue weighted by Gasteiger charge is -2.01. The molecule has 1 heterocycles. The average Bonchev–Trinajstić information content (AvgIpc) is 2.46. The molecule has 1 aromatic heterocycles. The van der Waals surface area contributed by atoms with Gasteiger partial charge in [-0.05, 0) is 12.8 Å². The maximum Gasteiger partial charge on any atom is 0.168 e. The molecule has 0 atom stereocenters. The number of rotatable bonds is 12. The van der Waals surface area contributed by atoms with E-state index in [0.29, 0.717) is 6.61 Å². The van der Waals surface area contributed by atoms with Crippen molar-refractivity contribution in [3.05, 3.63) is 30.6 Å². The Labute approximate surface area is 135 Å². The summed E-state index contributed by atoms with van der Waals surface area (Å²) in [5, 5.41) is 8.67. The highest BCUT2D eigenvalue weighted by Crippen LogP contribution is 2.10. The van der Waals surface area contributed by atoms with E-state index >= 15 is 0 Å². The summed E-state index contributed by atoms with van der Waals surface area (Å²) in [5.41, 5.74) is 0. The summed E-state index contributed by atoms with van der Waals surface area (Å²) in [6.45, 7) is 1.52. The summed E-state index contributed by atoms with van der Waals surface area (Å²) in [5.74, 6) is 0. The third-order valence-electron chi connectivity index (χ3n) is 3.60. The van der Waals surface area contributed by atoms with Gasteiger partial charge >= 0.3 is 0 Å². The first kappa shape index (κ1) is 19.6. The Balaban J connectivity index is 0.00000361. The van der Waals surface area contributed by atoms with Crippen LogP contribution in [0.1, 0.15) is 64.2 Å². The van der Waals surface area contributed by atoms with Crippen LogP contribution in [0.15, 0.2) is 30.6 Å². The molecule has 3 heteroatoms. The molecule has 0 aromatic carbocycles. The summed E-state index contributed by atoms with van der Waals surface area (Å²) in [4.78, 5) is 0. The van der Waals surface area contributed by atoms with E-state index in [-0.39, 0.29) is 17.0 Å². The summed E-state index contributed by atoms with van der Waals surface area (Å²) in [6, 6.07) is 6.25. The van der Waals surface area contributed by atoms with Gasteiger partial charge in [0, 0.05) is 25.2 Å². The van der Waals surface area contributed by atoms with Crippen LogP contribution in [0.5, 0.6) is 0 Å². The van der Waals surface area contributed by atoms with Crippen molar-refractivity contribution in [2.24, 2.45) is 0 Å². The molecule has 1 rings (SSSR count). The summed E-state index contributed by atoms with van der Waals surface area (Å²) in [6.07, 6.45) is 17.3. The van der Waals surface area contributed by atoms with Crippen molar-refractivity contribution in [2.45, 2.75) is 70.8 Å². The van der Waals surface area contributed by atoms with Crippen LogP contribution in [0.2, 0.25) is 0 Å². The molecule has 20 heavy (non-hydrogen) atoms. The number of aryl methyl sites for hydroxylation is 1. The van der Waals surface area contributed by atoms with Crippen molar-refractivity contribution in [3.8, 4) is 0 Å². The standard InChI is InChI=1S/C17H30NO.BrH/c19-17-13-8-6-4-2-1-3-5-7-10-14-18-15-11-9-12-16-18;/h9,11-12,15-16,19H,1-8,10,13-14,17H2;1H/q+1;/p-1. The number of unbranched alkanes of at least 4 members (excludes halogenated alkanes) is 9. The summed E-state index contributed by atoms with van der Waals surface area (Å²) >= 11 is 0. The number of halogens is 1. The van der Waals surface area contributed by atoms with Crippen LogP contribution >= 0.6 is 0 Å². The normalized spacial score (nSPS) is 10.2. The van der Waals surface area contributed by atoms with Crippen LogP contribution in [-0.4, -0.2) is 11.7 Å². The van der Waals surface area contributed by atoms with Gasteiger partial charge in [0.2, 0.25) is 0 Å². The van der Waals surface area contributed by atoms with Crippen LogP contribution in [0.3, 0.4) is 0 Å². The van der Waals surface area contributed by atoms with Crippen LogP contribution in [0.25, 0.3) is 0 Å². The van der Waals surface area contributed by atoms with Gasteiger partial charge in [-0.1, -0.05) is 51.0 Å². The smallest absolute Gasteiger partial charge is 0.168 e. The van der Waals surface area contributed by atoms with Crippen LogP contribution in [-0.2, 0) is 6.54 Å². The van der Waals surface area contributed by atoms with E-state index in [4.69, 9.17) is 5.11 Å². The van der Waals surface area contributed by atoms with Crippen LogP contribution < -0.4 is 21.5 Å².